The van der Waals surface area contributed by atoms with Crippen molar-refractivity contribution in [1.82, 2.24) is 20.0 Å². The van der Waals surface area contributed by atoms with Crippen LogP contribution in [0.1, 0.15) is 102 Å². The zero-order valence-corrected chi connectivity index (χ0v) is 36.4. The average Bonchev–Trinajstić information content (AvgIpc) is 3.49. The number of anilines is 2. The summed E-state index contributed by atoms with van der Waals surface area (Å²) in [7, 11) is -2.20. The number of sulfone groups is 1. The largest absolute Gasteiger partial charge is 0.493 e. The molecule has 3 heterocycles. The van der Waals surface area contributed by atoms with Crippen molar-refractivity contribution in [3.05, 3.63) is 82.9 Å². The molecular weight excluding hydrogens is 817 g/mol. The maximum atomic E-state index is 14.0. The van der Waals surface area contributed by atoms with Gasteiger partial charge in [0.25, 0.3) is 11.8 Å². The van der Waals surface area contributed by atoms with Crippen LogP contribution in [0.5, 0.6) is 11.5 Å². The second kappa shape index (κ2) is 20.9. The molecule has 0 spiro atoms. The van der Waals surface area contributed by atoms with Gasteiger partial charge in [-0.2, -0.15) is 0 Å². The van der Waals surface area contributed by atoms with Crippen molar-refractivity contribution in [2.45, 2.75) is 70.3 Å². The number of carbonyl (C=O) groups excluding carboxylic acids is 6. The van der Waals surface area contributed by atoms with Gasteiger partial charge in [-0.05, 0) is 80.3 Å². The lowest BCUT2D eigenvalue weighted by molar-refractivity contribution is -0.134. The molecule has 3 aliphatic rings. The predicted octanol–water partition coefficient (Wildman–Crippen LogP) is 4.53. The van der Waals surface area contributed by atoms with Gasteiger partial charge >= 0.3 is 0 Å². The number of carbonyl (C=O) groups is 6. The Morgan fingerprint density at radius 2 is 1.56 bits per heavy atom. The van der Waals surface area contributed by atoms with E-state index in [1.165, 1.54) is 13.2 Å². The number of unbranched alkanes of at least 4 members (excludes halogenated alkanes) is 4. The van der Waals surface area contributed by atoms with Crippen molar-refractivity contribution in [3.8, 4) is 11.5 Å². The van der Waals surface area contributed by atoms with E-state index in [1.54, 1.807) is 55.5 Å². The highest BCUT2D eigenvalue weighted by Crippen LogP contribution is 2.39. The second-order valence-electron chi connectivity index (χ2n) is 16.0. The molecule has 0 aliphatic carbocycles. The van der Waals surface area contributed by atoms with Crippen LogP contribution in [0.2, 0.25) is 0 Å². The quantitative estimate of drug-likeness (QED) is 0.106. The van der Waals surface area contributed by atoms with Gasteiger partial charge in [0.1, 0.15) is 9.84 Å². The molecule has 0 aromatic heterocycles. The van der Waals surface area contributed by atoms with Crippen molar-refractivity contribution in [3.63, 3.8) is 0 Å². The van der Waals surface area contributed by atoms with Gasteiger partial charge in [-0.3, -0.25) is 43.9 Å². The van der Waals surface area contributed by atoms with E-state index in [2.05, 4.69) is 25.8 Å². The summed E-state index contributed by atoms with van der Waals surface area (Å²) < 4.78 is 36.3. The molecule has 3 aromatic rings. The average molecular weight is 873 g/mol. The third-order valence-corrected chi connectivity index (χ3v) is 12.3. The molecule has 3 aliphatic heterocycles. The fourth-order valence-electron chi connectivity index (χ4n) is 8.25. The number of piperazine rings is 1. The van der Waals surface area contributed by atoms with E-state index in [4.69, 9.17) is 9.47 Å². The number of hydrogen-bond donors (Lipinski definition) is 3. The number of rotatable bonds is 20. The number of nitrogens with zero attached hydrogens (tertiary/aromatic N) is 3. The zero-order chi connectivity index (χ0) is 44.4. The number of hydrogen-bond acceptors (Lipinski definition) is 12. The summed E-state index contributed by atoms with van der Waals surface area (Å²) >= 11 is 0. The molecule has 2 saturated heterocycles. The minimum absolute atomic E-state index is 0.0290. The molecule has 16 nitrogen and oxygen atoms in total. The molecule has 0 bridgehead atoms. The van der Waals surface area contributed by atoms with E-state index in [9.17, 15) is 37.2 Å². The molecule has 3 N–H and O–H groups in total. The number of piperidine rings is 1. The van der Waals surface area contributed by atoms with Gasteiger partial charge in [0.05, 0.1) is 54.8 Å². The van der Waals surface area contributed by atoms with Gasteiger partial charge < -0.3 is 25.0 Å². The van der Waals surface area contributed by atoms with Crippen molar-refractivity contribution in [1.29, 1.82) is 0 Å². The maximum absolute atomic E-state index is 14.0. The molecule has 3 aromatic carbocycles. The lowest BCUT2D eigenvalue weighted by Crippen LogP contribution is -2.48. The third kappa shape index (κ3) is 11.8. The first-order chi connectivity index (χ1) is 29.7. The molecule has 0 radical (unpaired) electrons. The van der Waals surface area contributed by atoms with Gasteiger partial charge in [0.15, 0.2) is 11.5 Å². The van der Waals surface area contributed by atoms with E-state index >= 15 is 0 Å². The molecule has 17 heteroatoms. The van der Waals surface area contributed by atoms with Crippen LogP contribution >= 0.6 is 0 Å². The summed E-state index contributed by atoms with van der Waals surface area (Å²) in [5.41, 5.74) is 2.10. The summed E-state index contributed by atoms with van der Waals surface area (Å²) in [6, 6.07) is 15.5. The normalized spacial score (nSPS) is 17.7. The molecule has 6 amide bonds. The first-order valence-corrected chi connectivity index (χ1v) is 23.3. The Morgan fingerprint density at radius 1 is 0.839 bits per heavy atom. The Balaban J connectivity index is 0.902. The summed E-state index contributed by atoms with van der Waals surface area (Å²) in [5.74, 6) is -2.47. The minimum Gasteiger partial charge on any atom is -0.493 e. The zero-order valence-electron chi connectivity index (χ0n) is 35.6. The predicted molar refractivity (Wildman–Crippen MR) is 233 cm³/mol. The van der Waals surface area contributed by atoms with Gasteiger partial charge in [0.2, 0.25) is 23.6 Å². The van der Waals surface area contributed by atoms with Crippen molar-refractivity contribution < 1.29 is 46.7 Å². The Hall–Kier alpha value is -5.65. The third-order valence-electron chi connectivity index (χ3n) is 11.4. The Labute approximate surface area is 362 Å². The van der Waals surface area contributed by atoms with Crippen LogP contribution in [0, 0.1) is 0 Å². The first-order valence-electron chi connectivity index (χ1n) is 21.2. The topological polar surface area (TPSA) is 201 Å². The number of nitrogens with one attached hydrogen (secondary N) is 3. The lowest BCUT2D eigenvalue weighted by atomic mass is 9.90. The number of ether oxygens (including phenoxy) is 2. The molecule has 2 fully saturated rings. The molecular formula is C45H56N6O10S. The Morgan fingerprint density at radius 3 is 2.29 bits per heavy atom. The number of benzene rings is 3. The van der Waals surface area contributed by atoms with E-state index in [-0.39, 0.29) is 53.4 Å². The summed E-state index contributed by atoms with van der Waals surface area (Å²) in [6.45, 7) is 6.61. The number of imide groups is 2. The van der Waals surface area contributed by atoms with Crippen LogP contribution in [0.15, 0.2) is 60.7 Å². The summed E-state index contributed by atoms with van der Waals surface area (Å²) in [6.07, 6.45) is 6.51. The fourth-order valence-corrected chi connectivity index (χ4v) is 9.16. The molecule has 6 rings (SSSR count). The Kier molecular flexibility index (Phi) is 15.5. The smallest absolute Gasteiger partial charge is 0.264 e. The number of fused-ring (bicyclic) bond motifs is 1. The van der Waals surface area contributed by atoms with E-state index in [1.807, 2.05) is 6.07 Å². The standard InChI is InChI=1S/C45H56N6O10S/c1-4-61-38-27-31(17-19-37(38)60-2)36(29-62(3,58)59)51-44(56)34-14-11-15-35(42(34)45(51)57)47-39(52)16-8-6-5-7-9-21-49-22-24-50(25-23-49)28-41(54)46-32-13-10-12-30(26-32)33-18-20-40(53)48-43(33)55/h10-15,17,19,26-27,33,36H,4-9,16,18,20-25,28-29H2,1-3H3,(H,46,54)(H,47,52)(H,48,53,55). The first kappa shape index (κ1) is 45.9. The highest BCUT2D eigenvalue weighted by atomic mass is 32.2. The lowest BCUT2D eigenvalue weighted by Gasteiger charge is -2.34. The SMILES string of the molecule is CCOc1cc(C(CS(C)(=O)=O)N2C(=O)c3cccc(NC(=O)CCCCCCCN4CCN(CC(=O)Nc5cccc(C6CCC(=O)NC6=O)c5)CC4)c3C2=O)ccc1OC. The molecule has 62 heavy (non-hydrogen) atoms. The van der Waals surface area contributed by atoms with Crippen LogP contribution in [0.4, 0.5) is 11.4 Å². The van der Waals surface area contributed by atoms with Crippen LogP contribution < -0.4 is 25.4 Å². The van der Waals surface area contributed by atoms with Crippen LogP contribution in [-0.4, -0.2) is 124 Å². The van der Waals surface area contributed by atoms with Crippen molar-refractivity contribution >= 4 is 56.7 Å². The molecule has 2 atom stereocenters. The van der Waals surface area contributed by atoms with E-state index < -0.39 is 39.4 Å². The fraction of sp³-hybridized carbons (Fsp3) is 0.467. The van der Waals surface area contributed by atoms with E-state index in [0.29, 0.717) is 48.6 Å². The van der Waals surface area contributed by atoms with Gasteiger partial charge in [0, 0.05) is 51.0 Å². The van der Waals surface area contributed by atoms with Gasteiger partial charge in [-0.15, -0.1) is 0 Å². The summed E-state index contributed by atoms with van der Waals surface area (Å²) in [5, 5.41) is 8.15. The highest BCUT2D eigenvalue weighted by molar-refractivity contribution is 7.90. The van der Waals surface area contributed by atoms with E-state index in [0.717, 1.165) is 75.1 Å². The van der Waals surface area contributed by atoms with Gasteiger partial charge in [-0.25, -0.2) is 8.42 Å². The highest BCUT2D eigenvalue weighted by Gasteiger charge is 2.43. The Bertz CT molecular complexity index is 2280. The summed E-state index contributed by atoms with van der Waals surface area (Å²) in [4.78, 5) is 82.9. The minimum atomic E-state index is -3.67. The molecule has 332 valence electrons. The number of amides is 6. The molecule has 2 unspecified atom stereocenters. The van der Waals surface area contributed by atoms with Gasteiger partial charge in [-0.1, -0.05) is 43.5 Å². The van der Waals surface area contributed by atoms with Crippen LogP contribution in [-0.2, 0) is 29.0 Å². The van der Waals surface area contributed by atoms with Crippen molar-refractivity contribution in [2.24, 2.45) is 0 Å². The second-order valence-corrected chi connectivity index (χ2v) is 18.2. The van der Waals surface area contributed by atoms with Crippen molar-refractivity contribution in [2.75, 3.05) is 75.6 Å². The number of methoxy groups -OCH3 is 1. The van der Waals surface area contributed by atoms with Crippen LogP contribution in [0.3, 0.4) is 0 Å². The maximum Gasteiger partial charge on any atom is 0.264 e. The van der Waals surface area contributed by atoms with Crippen LogP contribution in [0.25, 0.3) is 0 Å². The molecule has 0 saturated carbocycles. The monoisotopic (exact) mass is 872 g/mol.